The Morgan fingerprint density at radius 2 is 1.58 bits per heavy atom. The van der Waals surface area contributed by atoms with E-state index in [9.17, 15) is 34.2 Å². The van der Waals surface area contributed by atoms with Crippen molar-refractivity contribution in [1.29, 1.82) is 0 Å². The van der Waals surface area contributed by atoms with Gasteiger partial charge in [0.1, 0.15) is 6.04 Å². The number of rotatable bonds is 18. The lowest BCUT2D eigenvalue weighted by molar-refractivity contribution is -0.132. The molecule has 5 amide bonds. The van der Waals surface area contributed by atoms with Gasteiger partial charge in [-0.05, 0) is 49.3 Å². The minimum atomic E-state index is -1.42. The topological polar surface area (TPSA) is 203 Å². The molecule has 0 saturated heterocycles. The van der Waals surface area contributed by atoms with Gasteiger partial charge >= 0.3 is 6.09 Å². The van der Waals surface area contributed by atoms with Crippen LogP contribution in [0.4, 0.5) is 4.79 Å². The van der Waals surface area contributed by atoms with E-state index in [2.05, 4.69) is 31.3 Å². The summed E-state index contributed by atoms with van der Waals surface area (Å²) in [5.41, 5.74) is 4.07. The molecule has 0 aromatic carbocycles. The molecule has 0 radical (unpaired) electrons. The molecule has 48 heavy (non-hydrogen) atoms. The molecular weight excluding hydrogens is 638 g/mol. The average molecular weight is 690 g/mol. The van der Waals surface area contributed by atoms with Crippen molar-refractivity contribution in [2.75, 3.05) is 6.54 Å². The van der Waals surface area contributed by atoms with Crippen LogP contribution >= 0.6 is 11.3 Å². The van der Waals surface area contributed by atoms with Crippen LogP contribution in [0.25, 0.3) is 0 Å². The van der Waals surface area contributed by atoms with E-state index in [1.807, 2.05) is 40.0 Å². The molecule has 5 atom stereocenters. The van der Waals surface area contributed by atoms with Crippen molar-refractivity contribution in [3.8, 4) is 0 Å². The number of carboxylic acid groups (broad SMARTS) is 1. The number of nitrogens with zero attached hydrogens (tertiary/aromatic N) is 3. The van der Waals surface area contributed by atoms with Crippen molar-refractivity contribution >= 4 is 41.1 Å². The number of pyridine rings is 1. The quantitative estimate of drug-likeness (QED) is 0.127. The number of aromatic nitrogens is 2. The van der Waals surface area contributed by atoms with E-state index >= 15 is 0 Å². The van der Waals surface area contributed by atoms with Crippen molar-refractivity contribution < 1.29 is 34.2 Å². The van der Waals surface area contributed by atoms with Gasteiger partial charge in [-0.1, -0.05) is 41.5 Å². The number of aliphatic hydroxyl groups excluding tert-OH is 1. The number of amides is 5. The molecule has 2 heterocycles. The minimum absolute atomic E-state index is 0.0147. The van der Waals surface area contributed by atoms with Gasteiger partial charge in [-0.25, -0.2) is 14.8 Å². The maximum Gasteiger partial charge on any atom is 0.426 e. The molecule has 0 fully saturated rings. The molecule has 266 valence electrons. The van der Waals surface area contributed by atoms with E-state index in [1.165, 1.54) is 11.3 Å². The Morgan fingerprint density at radius 3 is 2.15 bits per heavy atom. The van der Waals surface area contributed by atoms with E-state index in [1.54, 1.807) is 38.4 Å². The molecule has 2 rings (SSSR count). The number of hydrogen-bond donors (Lipinski definition) is 6. The van der Waals surface area contributed by atoms with Gasteiger partial charge in [0.15, 0.2) is 0 Å². The molecule has 2 aromatic rings. The zero-order valence-electron chi connectivity index (χ0n) is 28.9. The molecule has 0 aliphatic rings. The highest BCUT2D eigenvalue weighted by atomic mass is 32.1. The SMILES string of the molecule is Cc1csc(CC(C)C(=O)NN(CCC(=O)N[C@@H](CC(C)C)[C@@H](O)C[C@@H](C)C(=O)NC(C(=O)NCc2ccncc2)C(C)C)C(=O)O)n1. The number of hydrazine groups is 1. The molecule has 14 nitrogen and oxygen atoms in total. The first-order chi connectivity index (χ1) is 22.6. The summed E-state index contributed by atoms with van der Waals surface area (Å²) >= 11 is 1.42. The van der Waals surface area contributed by atoms with Gasteiger partial charge in [-0.15, -0.1) is 11.3 Å². The van der Waals surface area contributed by atoms with Crippen LogP contribution in [0.3, 0.4) is 0 Å². The van der Waals surface area contributed by atoms with E-state index in [0.29, 0.717) is 17.9 Å². The summed E-state index contributed by atoms with van der Waals surface area (Å²) in [6.45, 7) is 12.6. The number of nitrogens with one attached hydrogen (secondary N) is 4. The van der Waals surface area contributed by atoms with E-state index in [0.717, 1.165) is 16.3 Å². The summed E-state index contributed by atoms with van der Waals surface area (Å²) in [6.07, 6.45) is 1.24. The summed E-state index contributed by atoms with van der Waals surface area (Å²) in [5, 5.41) is 32.5. The van der Waals surface area contributed by atoms with Gasteiger partial charge in [0.05, 0.1) is 23.7 Å². The third-order valence-electron chi connectivity index (χ3n) is 7.68. The molecule has 0 spiro atoms. The fourth-order valence-electron chi connectivity index (χ4n) is 4.87. The van der Waals surface area contributed by atoms with E-state index in [-0.39, 0.29) is 43.7 Å². The Balaban J connectivity index is 1.93. The van der Waals surface area contributed by atoms with Gasteiger partial charge in [0, 0.05) is 54.7 Å². The Labute approximate surface area is 286 Å². The van der Waals surface area contributed by atoms with Crippen LogP contribution in [0.15, 0.2) is 29.9 Å². The van der Waals surface area contributed by atoms with Gasteiger partial charge in [-0.2, -0.15) is 0 Å². The largest absolute Gasteiger partial charge is 0.464 e. The first kappa shape index (κ1) is 40.1. The lowest BCUT2D eigenvalue weighted by Gasteiger charge is -2.29. The normalized spacial score (nSPS) is 14.4. The fraction of sp³-hybridized carbons (Fsp3) is 0.606. The van der Waals surface area contributed by atoms with Gasteiger partial charge in [-0.3, -0.25) is 29.6 Å². The highest BCUT2D eigenvalue weighted by Crippen LogP contribution is 2.17. The second-order valence-electron chi connectivity index (χ2n) is 13.0. The van der Waals surface area contributed by atoms with Crippen LogP contribution in [-0.4, -0.2) is 79.6 Å². The third kappa shape index (κ3) is 13.9. The lowest BCUT2D eigenvalue weighted by atomic mass is 9.92. The number of aliphatic hydroxyl groups is 1. The summed E-state index contributed by atoms with van der Waals surface area (Å²) in [6, 6.07) is 2.06. The van der Waals surface area contributed by atoms with E-state index in [4.69, 9.17) is 0 Å². The molecular formula is C33H51N7O7S. The summed E-state index contributed by atoms with van der Waals surface area (Å²) in [4.78, 5) is 71.7. The van der Waals surface area contributed by atoms with E-state index < -0.39 is 53.8 Å². The highest BCUT2D eigenvalue weighted by Gasteiger charge is 2.30. The van der Waals surface area contributed by atoms with Crippen molar-refractivity contribution in [3.05, 3.63) is 46.2 Å². The second kappa shape index (κ2) is 19.6. The highest BCUT2D eigenvalue weighted by molar-refractivity contribution is 7.09. The number of aryl methyl sites for hydroxylation is 1. The van der Waals surface area contributed by atoms with Crippen molar-refractivity contribution in [1.82, 2.24) is 36.4 Å². The molecule has 15 heteroatoms. The molecule has 2 unspecified atom stereocenters. The Hall–Kier alpha value is -4.11. The predicted molar refractivity (Wildman–Crippen MR) is 181 cm³/mol. The zero-order valence-corrected chi connectivity index (χ0v) is 29.7. The Morgan fingerprint density at radius 1 is 0.917 bits per heavy atom. The third-order valence-corrected chi connectivity index (χ3v) is 8.66. The van der Waals surface area contributed by atoms with Crippen molar-refractivity contribution in [3.63, 3.8) is 0 Å². The van der Waals surface area contributed by atoms with Crippen LogP contribution in [0, 0.1) is 30.6 Å². The van der Waals surface area contributed by atoms with Crippen molar-refractivity contribution in [2.24, 2.45) is 23.7 Å². The molecule has 0 bridgehead atoms. The smallest absolute Gasteiger partial charge is 0.426 e. The van der Waals surface area contributed by atoms with Crippen LogP contribution in [0.1, 0.15) is 77.1 Å². The summed E-state index contributed by atoms with van der Waals surface area (Å²) in [7, 11) is 0. The van der Waals surface area contributed by atoms with Gasteiger partial charge in [0.25, 0.3) is 0 Å². The number of carbonyl (C=O) groups excluding carboxylic acids is 4. The van der Waals surface area contributed by atoms with Crippen LogP contribution in [0.2, 0.25) is 0 Å². The molecule has 0 aliphatic heterocycles. The summed E-state index contributed by atoms with van der Waals surface area (Å²) < 4.78 is 0. The first-order valence-electron chi connectivity index (χ1n) is 16.2. The van der Waals surface area contributed by atoms with Crippen LogP contribution in [-0.2, 0) is 32.1 Å². The van der Waals surface area contributed by atoms with Crippen LogP contribution in [0.5, 0.6) is 0 Å². The molecule has 0 aliphatic carbocycles. The fourth-order valence-corrected chi connectivity index (χ4v) is 5.77. The predicted octanol–water partition coefficient (Wildman–Crippen LogP) is 2.80. The molecule has 6 N–H and O–H groups in total. The molecule has 2 aromatic heterocycles. The van der Waals surface area contributed by atoms with Gasteiger partial charge < -0.3 is 26.2 Å². The Bertz CT molecular complexity index is 1350. The minimum Gasteiger partial charge on any atom is -0.464 e. The molecule has 0 saturated carbocycles. The first-order valence-corrected chi connectivity index (χ1v) is 17.1. The second-order valence-corrected chi connectivity index (χ2v) is 13.9. The lowest BCUT2D eigenvalue weighted by Crippen LogP contribution is -2.52. The van der Waals surface area contributed by atoms with Gasteiger partial charge in [0.2, 0.25) is 23.6 Å². The number of carbonyl (C=O) groups is 5. The number of hydrogen-bond acceptors (Lipinski definition) is 9. The standard InChI is InChI=1S/C33H51N7O7S/c1-19(2)14-25(37-27(42)10-13-40(33(46)47)39-31(44)22(6)16-28-36-23(7)18-48-28)26(41)15-21(5)30(43)38-29(20(3)4)32(45)35-17-24-8-11-34-12-9-24/h8-9,11-12,18-22,25-26,29,41H,10,13-17H2,1-7H3,(H,35,45)(H,37,42)(H,38,43)(H,39,44)(H,46,47)/t21-,22?,25+,26+,29?/m1/s1. The Kier molecular flexibility index (Phi) is 16.4. The average Bonchev–Trinajstić information content (AvgIpc) is 3.43. The monoisotopic (exact) mass is 689 g/mol. The number of thiazole rings is 1. The van der Waals surface area contributed by atoms with Crippen molar-refractivity contribution in [2.45, 2.75) is 98.9 Å². The summed E-state index contributed by atoms with van der Waals surface area (Å²) in [5.74, 6) is -3.12. The van der Waals surface area contributed by atoms with Crippen LogP contribution < -0.4 is 21.4 Å². The zero-order chi connectivity index (χ0) is 36.0. The maximum atomic E-state index is 13.1. The maximum absolute atomic E-state index is 13.1.